The Hall–Kier alpha value is -1.56. The number of aromatic nitrogens is 1. The van der Waals surface area contributed by atoms with Crippen LogP contribution in [-0.4, -0.2) is 36.3 Å². The summed E-state index contributed by atoms with van der Waals surface area (Å²) in [6.07, 6.45) is 2.04. The topological polar surface area (TPSA) is 59.5 Å². The smallest absolute Gasteiger partial charge is 0.356 e. The van der Waals surface area contributed by atoms with Crippen molar-refractivity contribution in [3.8, 4) is 0 Å². The van der Waals surface area contributed by atoms with Crippen LogP contribution in [-0.2, 0) is 9.53 Å². The number of anilines is 1. The molecule has 2 heterocycles. The molecule has 0 bridgehead atoms. The molecule has 1 aromatic heterocycles. The highest BCUT2D eigenvalue weighted by atomic mass is 32.1. The van der Waals surface area contributed by atoms with Crippen molar-refractivity contribution in [3.63, 3.8) is 0 Å². The van der Waals surface area contributed by atoms with Crippen molar-refractivity contribution in [3.05, 3.63) is 24.0 Å². The number of ether oxygens (including phenoxy) is 1. The normalized spacial score (nSPS) is 19.1. The van der Waals surface area contributed by atoms with Crippen molar-refractivity contribution in [2.75, 3.05) is 24.3 Å². The lowest BCUT2D eigenvalue weighted by molar-refractivity contribution is -0.117. The van der Waals surface area contributed by atoms with E-state index in [1.54, 1.807) is 17.0 Å². The van der Waals surface area contributed by atoms with Crippen LogP contribution in [0.1, 0.15) is 16.9 Å². The molecule has 6 heteroatoms. The lowest BCUT2D eigenvalue weighted by atomic mass is 10.1. The molecule has 1 aromatic rings. The summed E-state index contributed by atoms with van der Waals surface area (Å²) in [6.45, 7) is 0.654. The minimum absolute atomic E-state index is 0.0710. The van der Waals surface area contributed by atoms with Gasteiger partial charge in [0.1, 0.15) is 5.69 Å². The second kappa shape index (κ2) is 5.39. The number of amides is 1. The number of carbonyl (C=O) groups is 2. The third kappa shape index (κ3) is 2.48. The minimum atomic E-state index is -0.484. The number of thiol groups is 1. The zero-order chi connectivity index (χ0) is 13.1. The Morgan fingerprint density at radius 2 is 2.39 bits per heavy atom. The van der Waals surface area contributed by atoms with Crippen LogP contribution in [0.5, 0.6) is 0 Å². The van der Waals surface area contributed by atoms with Crippen molar-refractivity contribution in [2.45, 2.75) is 6.42 Å². The Labute approximate surface area is 111 Å². The summed E-state index contributed by atoms with van der Waals surface area (Å²) in [5.41, 5.74) is 0.940. The summed E-state index contributed by atoms with van der Waals surface area (Å²) in [7, 11) is 1.30. The predicted octanol–water partition coefficient (Wildman–Crippen LogP) is 1.15. The van der Waals surface area contributed by atoms with Crippen LogP contribution >= 0.6 is 12.6 Å². The molecule has 1 aliphatic heterocycles. The second-order valence-electron chi connectivity index (χ2n) is 4.15. The van der Waals surface area contributed by atoms with Crippen molar-refractivity contribution in [1.29, 1.82) is 0 Å². The number of nitrogens with zero attached hydrogens (tertiary/aromatic N) is 2. The monoisotopic (exact) mass is 266 g/mol. The molecule has 1 aliphatic rings. The number of methoxy groups -OCH3 is 1. The molecule has 5 nitrogen and oxygen atoms in total. The molecular formula is C12H14N2O3S. The SMILES string of the molecule is COC(=O)c1ccc(N2CC(CS)CC2=O)cn1. The summed E-state index contributed by atoms with van der Waals surface area (Å²) in [5, 5.41) is 0. The van der Waals surface area contributed by atoms with E-state index in [2.05, 4.69) is 22.3 Å². The highest BCUT2D eigenvalue weighted by Gasteiger charge is 2.29. The van der Waals surface area contributed by atoms with Crippen LogP contribution in [0.3, 0.4) is 0 Å². The van der Waals surface area contributed by atoms with Gasteiger partial charge in [-0.3, -0.25) is 4.79 Å². The summed E-state index contributed by atoms with van der Waals surface area (Å²) >= 11 is 4.21. The molecule has 1 amide bonds. The first-order valence-corrected chi connectivity index (χ1v) is 6.24. The number of hydrogen-bond donors (Lipinski definition) is 1. The first-order chi connectivity index (χ1) is 8.65. The molecule has 18 heavy (non-hydrogen) atoms. The van der Waals surface area contributed by atoms with Crippen LogP contribution in [0.25, 0.3) is 0 Å². The Morgan fingerprint density at radius 3 is 2.89 bits per heavy atom. The Kier molecular flexibility index (Phi) is 3.86. The van der Waals surface area contributed by atoms with Crippen LogP contribution in [0, 0.1) is 5.92 Å². The van der Waals surface area contributed by atoms with Crippen LogP contribution in [0.4, 0.5) is 5.69 Å². The number of esters is 1. The minimum Gasteiger partial charge on any atom is -0.464 e. The fourth-order valence-electron chi connectivity index (χ4n) is 1.92. The van der Waals surface area contributed by atoms with Gasteiger partial charge in [-0.2, -0.15) is 12.6 Å². The molecular weight excluding hydrogens is 252 g/mol. The van der Waals surface area contributed by atoms with Gasteiger partial charge in [0.05, 0.1) is 19.0 Å². The lowest BCUT2D eigenvalue weighted by Gasteiger charge is -2.16. The molecule has 0 radical (unpaired) electrons. The van der Waals surface area contributed by atoms with Gasteiger partial charge in [0.2, 0.25) is 5.91 Å². The maximum absolute atomic E-state index is 11.8. The molecule has 1 atom stereocenters. The second-order valence-corrected chi connectivity index (χ2v) is 4.52. The van der Waals surface area contributed by atoms with Crippen LogP contribution < -0.4 is 4.90 Å². The van der Waals surface area contributed by atoms with Gasteiger partial charge in [0, 0.05) is 13.0 Å². The molecule has 0 saturated carbocycles. The van der Waals surface area contributed by atoms with E-state index in [0.29, 0.717) is 24.4 Å². The van der Waals surface area contributed by atoms with Gasteiger partial charge in [0.15, 0.2) is 0 Å². The molecule has 0 aliphatic carbocycles. The van der Waals surface area contributed by atoms with Gasteiger partial charge in [-0.05, 0) is 23.8 Å². The van der Waals surface area contributed by atoms with Gasteiger partial charge < -0.3 is 9.64 Å². The van der Waals surface area contributed by atoms with Gasteiger partial charge >= 0.3 is 5.97 Å². The maximum Gasteiger partial charge on any atom is 0.356 e. The van der Waals surface area contributed by atoms with Crippen LogP contribution in [0.15, 0.2) is 18.3 Å². The first kappa shape index (κ1) is 12.9. The summed E-state index contributed by atoms with van der Waals surface area (Å²) in [5.74, 6) is 0.556. The molecule has 2 rings (SSSR count). The molecule has 0 aromatic carbocycles. The molecule has 96 valence electrons. The standard InChI is InChI=1S/C12H14N2O3S/c1-17-12(16)10-3-2-9(5-13-10)14-6-8(7-18)4-11(14)15/h2-3,5,8,18H,4,6-7H2,1H3. The molecule has 1 unspecified atom stereocenters. The molecule has 0 spiro atoms. The maximum atomic E-state index is 11.8. The van der Waals surface area contributed by atoms with E-state index in [9.17, 15) is 9.59 Å². The van der Waals surface area contributed by atoms with Crippen molar-refractivity contribution < 1.29 is 14.3 Å². The van der Waals surface area contributed by atoms with E-state index in [0.717, 1.165) is 0 Å². The summed E-state index contributed by atoms with van der Waals surface area (Å²) in [6, 6.07) is 3.26. The summed E-state index contributed by atoms with van der Waals surface area (Å²) < 4.78 is 4.57. The van der Waals surface area contributed by atoms with Gasteiger partial charge in [-0.1, -0.05) is 0 Å². The van der Waals surface area contributed by atoms with Crippen molar-refractivity contribution in [2.24, 2.45) is 5.92 Å². The highest BCUT2D eigenvalue weighted by molar-refractivity contribution is 7.80. The van der Waals surface area contributed by atoms with Gasteiger partial charge in [-0.25, -0.2) is 9.78 Å². The number of carbonyl (C=O) groups excluding carboxylic acids is 2. The average molecular weight is 266 g/mol. The van der Waals surface area contributed by atoms with E-state index >= 15 is 0 Å². The Bertz CT molecular complexity index is 461. The fourth-order valence-corrected chi connectivity index (χ4v) is 2.17. The zero-order valence-corrected chi connectivity index (χ0v) is 10.9. The quantitative estimate of drug-likeness (QED) is 0.658. The van der Waals surface area contributed by atoms with Crippen molar-refractivity contribution in [1.82, 2.24) is 4.98 Å². The molecule has 1 fully saturated rings. The third-order valence-electron chi connectivity index (χ3n) is 2.92. The lowest BCUT2D eigenvalue weighted by Crippen LogP contribution is -2.25. The van der Waals surface area contributed by atoms with E-state index in [4.69, 9.17) is 0 Å². The zero-order valence-electron chi connectivity index (χ0n) is 10.00. The fraction of sp³-hybridized carbons (Fsp3) is 0.417. The van der Waals surface area contributed by atoms with Gasteiger partial charge in [0.25, 0.3) is 0 Å². The van der Waals surface area contributed by atoms with E-state index in [1.165, 1.54) is 13.3 Å². The summed E-state index contributed by atoms with van der Waals surface area (Å²) in [4.78, 5) is 28.7. The van der Waals surface area contributed by atoms with E-state index in [-0.39, 0.29) is 17.5 Å². The number of pyridine rings is 1. The first-order valence-electron chi connectivity index (χ1n) is 5.61. The Balaban J connectivity index is 2.15. The van der Waals surface area contributed by atoms with Crippen molar-refractivity contribution >= 4 is 30.2 Å². The number of rotatable bonds is 3. The predicted molar refractivity (Wildman–Crippen MR) is 69.9 cm³/mol. The van der Waals surface area contributed by atoms with E-state index < -0.39 is 5.97 Å². The highest BCUT2D eigenvalue weighted by Crippen LogP contribution is 2.25. The van der Waals surface area contributed by atoms with Gasteiger partial charge in [-0.15, -0.1) is 0 Å². The number of hydrogen-bond acceptors (Lipinski definition) is 5. The van der Waals surface area contributed by atoms with E-state index in [1.807, 2.05) is 0 Å². The average Bonchev–Trinajstić information content (AvgIpc) is 2.79. The third-order valence-corrected chi connectivity index (χ3v) is 3.43. The molecule has 0 N–H and O–H groups in total. The Morgan fingerprint density at radius 1 is 1.61 bits per heavy atom. The van der Waals surface area contributed by atoms with Crippen LogP contribution in [0.2, 0.25) is 0 Å². The largest absolute Gasteiger partial charge is 0.464 e. The molecule has 1 saturated heterocycles.